The van der Waals surface area contributed by atoms with E-state index in [4.69, 9.17) is 5.73 Å². The Morgan fingerprint density at radius 3 is 2.86 bits per heavy atom. The van der Waals surface area contributed by atoms with Gasteiger partial charge in [-0.1, -0.05) is 0 Å². The summed E-state index contributed by atoms with van der Waals surface area (Å²) in [7, 11) is 1.94. The summed E-state index contributed by atoms with van der Waals surface area (Å²) in [5, 5.41) is 4.10. The second kappa shape index (κ2) is 3.53. The normalized spacial score (nSPS) is 10.6. The molecule has 0 saturated carbocycles. The maximum absolute atomic E-state index is 5.65. The lowest BCUT2D eigenvalue weighted by molar-refractivity contribution is 0.641. The summed E-state index contributed by atoms with van der Waals surface area (Å²) in [6.45, 7) is 0.839. The van der Waals surface area contributed by atoms with Gasteiger partial charge in [0.25, 0.3) is 0 Å². The summed E-state index contributed by atoms with van der Waals surface area (Å²) < 4.78 is 3.79. The van der Waals surface area contributed by atoms with Gasteiger partial charge in [0.1, 0.15) is 0 Å². The summed E-state index contributed by atoms with van der Waals surface area (Å²) in [5.74, 6) is 0.562. The van der Waals surface area contributed by atoms with Crippen LogP contribution in [0.5, 0.6) is 0 Å². The lowest BCUT2D eigenvalue weighted by Crippen LogP contribution is -2.07. The first kappa shape index (κ1) is 8.80. The van der Waals surface area contributed by atoms with E-state index in [1.54, 1.807) is 12.4 Å². The van der Waals surface area contributed by atoms with Crippen LogP contribution >= 0.6 is 0 Å². The van der Waals surface area contributed by atoms with Gasteiger partial charge in [-0.3, -0.25) is 4.68 Å². The monoisotopic (exact) mass is 191 g/mol. The summed E-state index contributed by atoms with van der Waals surface area (Å²) in [6.07, 6.45) is 6.30. The number of hydrogen-bond acceptors (Lipinski definition) is 3. The number of nitrogen functional groups attached to an aromatic ring is 1. The van der Waals surface area contributed by atoms with Crippen LogP contribution in [0.1, 0.15) is 5.69 Å². The Kier molecular flexibility index (Phi) is 2.22. The van der Waals surface area contributed by atoms with E-state index in [-0.39, 0.29) is 0 Å². The first-order chi connectivity index (χ1) is 6.77. The van der Waals surface area contributed by atoms with Gasteiger partial charge in [-0.05, 0) is 6.07 Å². The third-order valence-corrected chi connectivity index (χ3v) is 2.28. The molecule has 2 rings (SSSR count). The fraction of sp³-hybridized carbons (Fsp3) is 0.333. The minimum atomic E-state index is 0.562. The second-order valence-electron chi connectivity index (χ2n) is 3.17. The van der Waals surface area contributed by atoms with Crippen molar-refractivity contribution in [2.45, 2.75) is 13.0 Å². The van der Waals surface area contributed by atoms with Gasteiger partial charge in [-0.15, -0.1) is 0 Å². The number of anilines is 1. The lowest BCUT2D eigenvalue weighted by atomic mass is 10.3. The molecular formula is C9H13N5. The molecule has 0 spiro atoms. The average Bonchev–Trinajstić information content (AvgIpc) is 2.72. The van der Waals surface area contributed by atoms with Gasteiger partial charge in [0, 0.05) is 44.3 Å². The molecule has 0 fully saturated rings. The SMILES string of the molecule is Cn1nccc1CCn1ccnc1N. The van der Waals surface area contributed by atoms with E-state index in [1.165, 1.54) is 5.69 Å². The molecule has 0 aromatic carbocycles. The Morgan fingerprint density at radius 2 is 2.29 bits per heavy atom. The van der Waals surface area contributed by atoms with Gasteiger partial charge in [0.2, 0.25) is 0 Å². The van der Waals surface area contributed by atoms with Crippen molar-refractivity contribution in [3.05, 3.63) is 30.4 Å². The molecule has 0 atom stereocenters. The van der Waals surface area contributed by atoms with Crippen LogP contribution in [-0.2, 0) is 20.0 Å². The number of hydrogen-bond donors (Lipinski definition) is 1. The summed E-state index contributed by atoms with van der Waals surface area (Å²) in [6, 6.07) is 2.01. The van der Waals surface area contributed by atoms with E-state index in [2.05, 4.69) is 10.1 Å². The van der Waals surface area contributed by atoms with Crippen molar-refractivity contribution >= 4 is 5.95 Å². The molecule has 2 aromatic heterocycles. The van der Waals surface area contributed by atoms with Gasteiger partial charge >= 0.3 is 0 Å². The molecule has 0 unspecified atom stereocenters. The number of aryl methyl sites for hydroxylation is 3. The number of nitrogens with zero attached hydrogens (tertiary/aromatic N) is 4. The molecule has 2 N–H and O–H groups in total. The molecule has 14 heavy (non-hydrogen) atoms. The average molecular weight is 191 g/mol. The van der Waals surface area contributed by atoms with Crippen LogP contribution in [0.3, 0.4) is 0 Å². The van der Waals surface area contributed by atoms with Crippen LogP contribution in [0, 0.1) is 0 Å². The van der Waals surface area contributed by atoms with Crippen LogP contribution in [0.25, 0.3) is 0 Å². The lowest BCUT2D eigenvalue weighted by Gasteiger charge is -2.04. The Bertz CT molecular complexity index is 374. The summed E-state index contributed by atoms with van der Waals surface area (Å²) in [4.78, 5) is 3.96. The summed E-state index contributed by atoms with van der Waals surface area (Å²) in [5.41, 5.74) is 6.84. The minimum absolute atomic E-state index is 0.562. The highest BCUT2D eigenvalue weighted by Gasteiger charge is 2.01. The smallest absolute Gasteiger partial charge is 0.200 e. The fourth-order valence-electron chi connectivity index (χ4n) is 1.41. The fourth-order valence-corrected chi connectivity index (χ4v) is 1.41. The van der Waals surface area contributed by atoms with E-state index in [0.29, 0.717) is 5.95 Å². The van der Waals surface area contributed by atoms with Crippen molar-refractivity contribution in [1.82, 2.24) is 19.3 Å². The molecule has 5 nitrogen and oxygen atoms in total. The first-order valence-electron chi connectivity index (χ1n) is 4.51. The van der Waals surface area contributed by atoms with Crippen molar-refractivity contribution in [2.75, 3.05) is 5.73 Å². The standard InChI is InChI=1S/C9H13N5/c1-13-8(2-4-12-13)3-6-14-7-5-11-9(14)10/h2,4-5,7H,3,6H2,1H3,(H2,10,11). The van der Waals surface area contributed by atoms with Crippen LogP contribution in [0.15, 0.2) is 24.7 Å². The number of imidazole rings is 1. The van der Waals surface area contributed by atoms with Gasteiger partial charge in [0.05, 0.1) is 0 Å². The zero-order valence-electron chi connectivity index (χ0n) is 8.09. The maximum atomic E-state index is 5.65. The van der Waals surface area contributed by atoms with Crippen LogP contribution in [0.4, 0.5) is 5.95 Å². The highest BCUT2D eigenvalue weighted by molar-refractivity contribution is 5.16. The molecule has 0 aliphatic rings. The minimum Gasteiger partial charge on any atom is -0.369 e. The van der Waals surface area contributed by atoms with Crippen molar-refractivity contribution in [3.63, 3.8) is 0 Å². The zero-order valence-corrected chi connectivity index (χ0v) is 8.09. The molecule has 2 aromatic rings. The van der Waals surface area contributed by atoms with Crippen LogP contribution < -0.4 is 5.73 Å². The molecule has 0 radical (unpaired) electrons. The summed E-state index contributed by atoms with van der Waals surface area (Å²) >= 11 is 0. The topological polar surface area (TPSA) is 61.7 Å². The quantitative estimate of drug-likeness (QED) is 0.765. The molecule has 74 valence electrons. The highest BCUT2D eigenvalue weighted by atomic mass is 15.3. The van der Waals surface area contributed by atoms with Crippen molar-refractivity contribution < 1.29 is 0 Å². The van der Waals surface area contributed by atoms with E-state index < -0.39 is 0 Å². The van der Waals surface area contributed by atoms with Gasteiger partial charge in [-0.2, -0.15) is 5.10 Å². The largest absolute Gasteiger partial charge is 0.369 e. The molecule has 0 amide bonds. The van der Waals surface area contributed by atoms with E-state index in [9.17, 15) is 0 Å². The maximum Gasteiger partial charge on any atom is 0.200 e. The van der Waals surface area contributed by atoms with Crippen LogP contribution in [0.2, 0.25) is 0 Å². The second-order valence-corrected chi connectivity index (χ2v) is 3.17. The van der Waals surface area contributed by atoms with Crippen LogP contribution in [-0.4, -0.2) is 19.3 Å². The molecule has 0 saturated heterocycles. The van der Waals surface area contributed by atoms with Gasteiger partial charge < -0.3 is 10.3 Å². The Labute approximate surface area is 82.2 Å². The predicted molar refractivity (Wildman–Crippen MR) is 53.6 cm³/mol. The Morgan fingerprint density at radius 1 is 1.43 bits per heavy atom. The number of aromatic nitrogens is 4. The molecule has 5 heteroatoms. The van der Waals surface area contributed by atoms with E-state index in [0.717, 1.165) is 13.0 Å². The predicted octanol–water partition coefficient (Wildman–Crippen LogP) is 0.442. The van der Waals surface area contributed by atoms with Crippen molar-refractivity contribution in [1.29, 1.82) is 0 Å². The van der Waals surface area contributed by atoms with Crippen molar-refractivity contribution in [2.24, 2.45) is 7.05 Å². The van der Waals surface area contributed by atoms with Gasteiger partial charge in [-0.25, -0.2) is 4.98 Å². The van der Waals surface area contributed by atoms with Crippen molar-refractivity contribution in [3.8, 4) is 0 Å². The number of nitrogens with two attached hydrogens (primary N) is 1. The van der Waals surface area contributed by atoms with E-state index >= 15 is 0 Å². The molecule has 0 aliphatic carbocycles. The number of rotatable bonds is 3. The van der Waals surface area contributed by atoms with E-state index in [1.807, 2.05) is 28.6 Å². The Balaban J connectivity index is 2.02. The first-order valence-corrected chi connectivity index (χ1v) is 4.51. The third kappa shape index (κ3) is 1.61. The molecule has 0 aliphatic heterocycles. The van der Waals surface area contributed by atoms with Gasteiger partial charge in [0.15, 0.2) is 5.95 Å². The molecule has 0 bridgehead atoms. The Hall–Kier alpha value is -1.78. The molecule has 2 heterocycles. The molecular weight excluding hydrogens is 178 g/mol. The zero-order chi connectivity index (χ0) is 9.97. The highest BCUT2D eigenvalue weighted by Crippen LogP contribution is 2.03. The third-order valence-electron chi connectivity index (χ3n) is 2.28.